The van der Waals surface area contributed by atoms with Crippen LogP contribution < -0.4 is 9.46 Å². The largest absolute Gasteiger partial charge is 0.486 e. The minimum absolute atomic E-state index is 0.0426. The van der Waals surface area contributed by atoms with Gasteiger partial charge in [0.15, 0.2) is 6.10 Å². The van der Waals surface area contributed by atoms with Crippen LogP contribution in [0, 0.1) is 0 Å². The monoisotopic (exact) mass is 443 g/mol. The van der Waals surface area contributed by atoms with Crippen LogP contribution in [-0.2, 0) is 21.4 Å². The first-order valence-corrected chi connectivity index (χ1v) is 11.2. The lowest BCUT2D eigenvalue weighted by molar-refractivity contribution is 0.0286. The van der Waals surface area contributed by atoms with Crippen LogP contribution in [0.4, 0.5) is 5.69 Å². The van der Waals surface area contributed by atoms with Gasteiger partial charge in [-0.15, -0.1) is 0 Å². The molecular weight excluding hydrogens is 422 g/mol. The summed E-state index contributed by atoms with van der Waals surface area (Å²) in [6.45, 7) is 1.59. The molecule has 0 aliphatic heterocycles. The maximum atomic E-state index is 12.5. The SMILES string of the molecule is CC(OC(=O)c1ccc(COc2ccccc2)o1)C(=O)c1ccc(NS(C)(=O)=O)cc1. The molecule has 1 heterocycles. The number of nitrogens with one attached hydrogen (secondary N) is 1. The van der Waals surface area contributed by atoms with Crippen molar-refractivity contribution in [2.75, 3.05) is 11.0 Å². The van der Waals surface area contributed by atoms with Gasteiger partial charge in [-0.3, -0.25) is 9.52 Å². The molecule has 8 nitrogen and oxygen atoms in total. The lowest BCUT2D eigenvalue weighted by Gasteiger charge is -2.12. The van der Waals surface area contributed by atoms with Crippen molar-refractivity contribution in [3.8, 4) is 5.75 Å². The highest BCUT2D eigenvalue weighted by atomic mass is 32.2. The number of ketones is 1. The standard InChI is InChI=1S/C22H21NO7S/c1-15(21(24)16-8-10-17(11-9-16)23-31(2,26)27)29-22(25)20-13-12-19(30-20)14-28-18-6-4-3-5-7-18/h3-13,15,23H,14H2,1-2H3. The molecule has 31 heavy (non-hydrogen) atoms. The van der Waals surface area contributed by atoms with Gasteiger partial charge in [-0.1, -0.05) is 18.2 Å². The number of carbonyl (C=O) groups is 2. The average molecular weight is 443 g/mol. The van der Waals surface area contributed by atoms with E-state index in [0.29, 0.717) is 17.2 Å². The number of benzene rings is 2. The Morgan fingerprint density at radius 2 is 1.68 bits per heavy atom. The Labute approximate surface area is 179 Å². The molecule has 1 unspecified atom stereocenters. The smallest absolute Gasteiger partial charge is 0.374 e. The molecular formula is C22H21NO7S. The van der Waals surface area contributed by atoms with Gasteiger partial charge in [-0.05, 0) is 55.5 Å². The first kappa shape index (κ1) is 22.1. The molecule has 9 heteroatoms. The third-order valence-corrected chi connectivity index (χ3v) is 4.72. The Morgan fingerprint density at radius 3 is 2.32 bits per heavy atom. The van der Waals surface area contributed by atoms with Gasteiger partial charge in [0.05, 0.1) is 6.26 Å². The minimum Gasteiger partial charge on any atom is -0.486 e. The van der Waals surface area contributed by atoms with E-state index in [1.54, 1.807) is 18.2 Å². The number of hydrogen-bond donors (Lipinski definition) is 1. The number of esters is 1. The predicted molar refractivity (Wildman–Crippen MR) is 114 cm³/mol. The summed E-state index contributed by atoms with van der Waals surface area (Å²) < 4.78 is 41.0. The van der Waals surface area contributed by atoms with E-state index >= 15 is 0 Å². The van der Waals surface area contributed by atoms with Crippen molar-refractivity contribution < 1.29 is 31.9 Å². The maximum absolute atomic E-state index is 12.5. The number of carbonyl (C=O) groups excluding carboxylic acids is 2. The number of ether oxygens (including phenoxy) is 2. The van der Waals surface area contributed by atoms with E-state index in [-0.39, 0.29) is 17.9 Å². The summed E-state index contributed by atoms with van der Waals surface area (Å²) in [7, 11) is -3.41. The van der Waals surface area contributed by atoms with Gasteiger partial charge in [-0.2, -0.15) is 0 Å². The lowest BCUT2D eigenvalue weighted by atomic mass is 10.1. The van der Waals surface area contributed by atoms with Crippen LogP contribution in [0.15, 0.2) is 71.1 Å². The highest BCUT2D eigenvalue weighted by molar-refractivity contribution is 7.92. The molecule has 0 amide bonds. The Kier molecular flexibility index (Phi) is 6.76. The van der Waals surface area contributed by atoms with E-state index in [1.165, 1.54) is 37.3 Å². The van der Waals surface area contributed by atoms with Crippen LogP contribution in [0.25, 0.3) is 0 Å². The maximum Gasteiger partial charge on any atom is 0.374 e. The third-order valence-electron chi connectivity index (χ3n) is 4.11. The summed E-state index contributed by atoms with van der Waals surface area (Å²) in [5, 5.41) is 0. The molecule has 0 aliphatic carbocycles. The molecule has 0 fully saturated rings. The quantitative estimate of drug-likeness (QED) is 0.397. The molecule has 0 saturated heterocycles. The van der Waals surface area contributed by atoms with Crippen LogP contribution in [0.2, 0.25) is 0 Å². The van der Waals surface area contributed by atoms with Crippen molar-refractivity contribution >= 4 is 27.5 Å². The van der Waals surface area contributed by atoms with Crippen LogP contribution in [-0.4, -0.2) is 32.5 Å². The van der Waals surface area contributed by atoms with Crippen molar-refractivity contribution in [2.45, 2.75) is 19.6 Å². The lowest BCUT2D eigenvalue weighted by Crippen LogP contribution is -2.24. The van der Waals surface area contributed by atoms with E-state index in [1.807, 2.05) is 18.2 Å². The molecule has 0 aliphatic rings. The fourth-order valence-corrected chi connectivity index (χ4v) is 3.22. The van der Waals surface area contributed by atoms with Gasteiger partial charge >= 0.3 is 5.97 Å². The zero-order valence-corrected chi connectivity index (χ0v) is 17.7. The summed E-state index contributed by atoms with van der Waals surface area (Å²) >= 11 is 0. The predicted octanol–water partition coefficient (Wildman–Crippen LogP) is 3.66. The molecule has 1 atom stereocenters. The molecule has 0 spiro atoms. The van der Waals surface area contributed by atoms with Crippen LogP contribution in [0.1, 0.15) is 33.6 Å². The van der Waals surface area contributed by atoms with Crippen molar-refractivity contribution in [3.63, 3.8) is 0 Å². The van der Waals surface area contributed by atoms with Crippen LogP contribution in [0.3, 0.4) is 0 Å². The second-order valence-corrected chi connectivity index (χ2v) is 8.48. The second kappa shape index (κ2) is 9.48. The molecule has 2 aromatic carbocycles. The third kappa shape index (κ3) is 6.45. The molecule has 162 valence electrons. The molecule has 0 bridgehead atoms. The molecule has 1 aromatic heterocycles. The van der Waals surface area contributed by atoms with E-state index < -0.39 is 27.9 Å². The Bertz CT molecular complexity index is 1150. The minimum atomic E-state index is -3.41. The second-order valence-electron chi connectivity index (χ2n) is 6.73. The summed E-state index contributed by atoms with van der Waals surface area (Å²) in [4.78, 5) is 24.8. The zero-order chi connectivity index (χ0) is 22.4. The molecule has 3 rings (SSSR count). The molecule has 0 saturated carbocycles. The van der Waals surface area contributed by atoms with Crippen molar-refractivity contribution in [2.24, 2.45) is 0 Å². The highest BCUT2D eigenvalue weighted by Gasteiger charge is 2.22. The molecule has 3 aromatic rings. The van der Waals surface area contributed by atoms with Gasteiger partial charge in [0, 0.05) is 11.3 Å². The van der Waals surface area contributed by atoms with Gasteiger partial charge in [-0.25, -0.2) is 13.2 Å². The van der Waals surface area contributed by atoms with Crippen molar-refractivity contribution in [3.05, 3.63) is 83.8 Å². The number of sulfonamides is 1. The normalized spacial score (nSPS) is 12.1. The van der Waals surface area contributed by atoms with E-state index in [9.17, 15) is 18.0 Å². The Morgan fingerprint density at radius 1 is 1.00 bits per heavy atom. The summed E-state index contributed by atoms with van der Waals surface area (Å²) in [6, 6.07) is 18.0. The van der Waals surface area contributed by atoms with Gasteiger partial charge in [0.1, 0.15) is 18.1 Å². The Balaban J connectivity index is 1.56. The Hall–Kier alpha value is -3.59. The highest BCUT2D eigenvalue weighted by Crippen LogP contribution is 2.17. The van der Waals surface area contributed by atoms with Crippen molar-refractivity contribution in [1.82, 2.24) is 0 Å². The summed E-state index contributed by atoms with van der Waals surface area (Å²) in [5.41, 5.74) is 0.597. The number of furan rings is 1. The molecule has 0 radical (unpaired) electrons. The van der Waals surface area contributed by atoms with E-state index in [2.05, 4.69) is 4.72 Å². The summed E-state index contributed by atoms with van der Waals surface area (Å²) in [6.07, 6.45) is -0.0307. The summed E-state index contributed by atoms with van der Waals surface area (Å²) in [5.74, 6) is -0.150. The fraction of sp³-hybridized carbons (Fsp3) is 0.182. The van der Waals surface area contributed by atoms with Crippen molar-refractivity contribution in [1.29, 1.82) is 0 Å². The first-order chi connectivity index (χ1) is 14.7. The van der Waals surface area contributed by atoms with E-state index in [0.717, 1.165) is 6.26 Å². The zero-order valence-electron chi connectivity index (χ0n) is 16.9. The first-order valence-electron chi connectivity index (χ1n) is 9.31. The van der Waals surface area contributed by atoms with Gasteiger partial charge in [0.25, 0.3) is 0 Å². The number of rotatable bonds is 9. The van der Waals surface area contributed by atoms with E-state index in [4.69, 9.17) is 13.9 Å². The number of Topliss-reactive ketones (excluding diaryl/α,β-unsaturated/α-hetero) is 1. The van der Waals surface area contributed by atoms with Gasteiger partial charge in [0.2, 0.25) is 21.6 Å². The molecule has 1 N–H and O–H groups in total. The fourth-order valence-electron chi connectivity index (χ4n) is 2.66. The number of para-hydroxylation sites is 1. The number of hydrogen-bond acceptors (Lipinski definition) is 7. The van der Waals surface area contributed by atoms with Gasteiger partial charge < -0.3 is 13.9 Å². The average Bonchev–Trinajstić information content (AvgIpc) is 3.21. The topological polar surface area (TPSA) is 112 Å². The van der Waals surface area contributed by atoms with Crippen LogP contribution >= 0.6 is 0 Å². The van der Waals surface area contributed by atoms with Crippen LogP contribution in [0.5, 0.6) is 5.75 Å². The number of anilines is 1.